The molecule has 0 aromatic heterocycles. The molecule has 0 aliphatic carbocycles. The lowest BCUT2D eigenvalue weighted by atomic mass is 9.96. The first-order valence-electron chi connectivity index (χ1n) is 6.11. The summed E-state index contributed by atoms with van der Waals surface area (Å²) in [4.78, 5) is 10.1. The molecule has 1 heterocycles. The Bertz CT molecular complexity index is 289. The molecule has 0 saturated carbocycles. The molecular formula is C10H22BO4PS. The van der Waals surface area contributed by atoms with E-state index >= 15 is 0 Å². The molecule has 7 heteroatoms. The van der Waals surface area contributed by atoms with E-state index in [0.717, 1.165) is 6.42 Å². The second kappa shape index (κ2) is 6.64. The molecule has 1 aliphatic heterocycles. The molecular weight excluding hydrogens is 258 g/mol. The molecule has 0 aromatic rings. The van der Waals surface area contributed by atoms with E-state index in [9.17, 15) is 4.89 Å². The van der Waals surface area contributed by atoms with E-state index in [2.05, 4.69) is 0 Å². The van der Waals surface area contributed by atoms with Gasteiger partial charge in [0.2, 0.25) is 0 Å². The maximum Gasteiger partial charge on any atom is 0.189 e. The minimum absolute atomic E-state index is 0.0267. The van der Waals surface area contributed by atoms with Gasteiger partial charge < -0.3 is 18.9 Å². The average molecular weight is 280 g/mol. The molecule has 1 saturated heterocycles. The third-order valence-corrected chi connectivity index (χ3v) is 6.21. The van der Waals surface area contributed by atoms with Gasteiger partial charge in [0.05, 0.1) is 12.7 Å². The zero-order chi connectivity index (χ0) is 13.1. The number of ether oxygens (including phenoxy) is 2. The van der Waals surface area contributed by atoms with Crippen molar-refractivity contribution < 1.29 is 18.9 Å². The van der Waals surface area contributed by atoms with E-state index in [4.69, 9.17) is 25.8 Å². The molecule has 0 radical (unpaired) electrons. The van der Waals surface area contributed by atoms with Gasteiger partial charge >= 0.3 is 0 Å². The zero-order valence-corrected chi connectivity index (χ0v) is 12.7. The predicted molar refractivity (Wildman–Crippen MR) is 74.8 cm³/mol. The van der Waals surface area contributed by atoms with Crippen LogP contribution in [0.5, 0.6) is 0 Å². The molecule has 2 unspecified atom stereocenters. The molecule has 0 aromatic carbocycles. The van der Waals surface area contributed by atoms with Crippen LogP contribution in [-0.4, -0.2) is 49.8 Å². The van der Waals surface area contributed by atoms with Gasteiger partial charge in [-0.25, -0.2) is 0 Å². The van der Waals surface area contributed by atoms with Crippen molar-refractivity contribution in [3.05, 3.63) is 0 Å². The maximum absolute atomic E-state index is 10.1. The Morgan fingerprint density at radius 2 is 2.24 bits per heavy atom. The van der Waals surface area contributed by atoms with E-state index in [1.165, 1.54) is 0 Å². The lowest BCUT2D eigenvalue weighted by Gasteiger charge is -2.26. The highest BCUT2D eigenvalue weighted by atomic mass is 32.5. The Hall–Kier alpha value is 0.555. The standard InChI is InChI=1S/C10H22BO4PS/c1-4-13-6-9-8(5-10(11)14-9)15-16(12,17)7(2)3/h7-10H,4-6,11H2,1-3H3,(H,12,17)/t8?,9-,10-,16?/m1/s1. The fourth-order valence-corrected chi connectivity index (χ4v) is 2.91. The molecule has 4 nitrogen and oxygen atoms in total. The van der Waals surface area contributed by atoms with Crippen molar-refractivity contribution in [1.29, 1.82) is 0 Å². The average Bonchev–Trinajstić information content (AvgIpc) is 2.54. The summed E-state index contributed by atoms with van der Waals surface area (Å²) in [5.41, 5.74) is -0.0267. The highest BCUT2D eigenvalue weighted by Crippen LogP contribution is 2.50. The lowest BCUT2D eigenvalue weighted by molar-refractivity contribution is -0.0214. The van der Waals surface area contributed by atoms with E-state index in [1.54, 1.807) is 0 Å². The second-order valence-corrected chi connectivity index (χ2v) is 8.62. The number of rotatable bonds is 6. The molecule has 0 amide bonds. The van der Waals surface area contributed by atoms with Gasteiger partial charge in [-0.3, -0.25) is 0 Å². The topological polar surface area (TPSA) is 47.9 Å². The predicted octanol–water partition coefficient (Wildman–Crippen LogP) is 0.866. The van der Waals surface area contributed by atoms with Crippen LogP contribution in [0.15, 0.2) is 0 Å². The normalized spacial score (nSPS) is 32.9. The molecule has 1 aliphatic rings. The van der Waals surface area contributed by atoms with Crippen molar-refractivity contribution in [2.45, 2.75) is 51.1 Å². The fourth-order valence-electron chi connectivity index (χ4n) is 1.73. The van der Waals surface area contributed by atoms with Gasteiger partial charge in [0.25, 0.3) is 0 Å². The Balaban J connectivity index is 2.58. The van der Waals surface area contributed by atoms with Gasteiger partial charge in [-0.1, -0.05) is 13.8 Å². The van der Waals surface area contributed by atoms with Crippen LogP contribution < -0.4 is 0 Å². The van der Waals surface area contributed by atoms with E-state index in [0.29, 0.717) is 13.2 Å². The van der Waals surface area contributed by atoms with Crippen LogP contribution in [0, 0.1) is 0 Å². The van der Waals surface area contributed by atoms with Crippen molar-refractivity contribution in [2.75, 3.05) is 13.2 Å². The molecule has 1 N–H and O–H groups in total. The van der Waals surface area contributed by atoms with Crippen molar-refractivity contribution >= 4 is 26.1 Å². The third kappa shape index (κ3) is 4.62. The van der Waals surface area contributed by atoms with Crippen molar-refractivity contribution in [3.8, 4) is 0 Å². The minimum Gasteiger partial charge on any atom is -0.379 e. The monoisotopic (exact) mass is 280 g/mol. The largest absolute Gasteiger partial charge is 0.379 e. The summed E-state index contributed by atoms with van der Waals surface area (Å²) in [5, 5.41) is 0. The highest BCUT2D eigenvalue weighted by Gasteiger charge is 2.37. The first-order chi connectivity index (χ1) is 7.86. The van der Waals surface area contributed by atoms with Crippen molar-refractivity contribution in [3.63, 3.8) is 0 Å². The van der Waals surface area contributed by atoms with Gasteiger partial charge in [-0.2, -0.15) is 0 Å². The SMILES string of the molecule is B[C@H]1CC(OP(O)(=S)C(C)C)[C@@H](COCC)O1. The Morgan fingerprint density at radius 3 is 2.76 bits per heavy atom. The van der Waals surface area contributed by atoms with Gasteiger partial charge in [-0.15, -0.1) is 0 Å². The molecule has 1 fully saturated rings. The Labute approximate surface area is 110 Å². The first kappa shape index (κ1) is 15.6. The molecule has 100 valence electrons. The fraction of sp³-hybridized carbons (Fsp3) is 1.00. The zero-order valence-electron chi connectivity index (χ0n) is 11.0. The van der Waals surface area contributed by atoms with Crippen LogP contribution >= 0.6 is 6.49 Å². The summed E-state index contributed by atoms with van der Waals surface area (Å²) in [6.45, 7) is 4.15. The Kier molecular flexibility index (Phi) is 6.10. The highest BCUT2D eigenvalue weighted by molar-refractivity contribution is 8.09. The molecule has 4 atom stereocenters. The van der Waals surface area contributed by atoms with Crippen LogP contribution in [0.25, 0.3) is 0 Å². The Morgan fingerprint density at radius 1 is 1.59 bits per heavy atom. The van der Waals surface area contributed by atoms with Crippen LogP contribution in [0.2, 0.25) is 0 Å². The van der Waals surface area contributed by atoms with Crippen LogP contribution in [0.1, 0.15) is 27.2 Å². The summed E-state index contributed by atoms with van der Waals surface area (Å²) >= 11 is 5.16. The van der Waals surface area contributed by atoms with Gasteiger partial charge in [-0.05, 0) is 25.2 Å². The molecule has 0 bridgehead atoms. The van der Waals surface area contributed by atoms with Crippen molar-refractivity contribution in [2.24, 2.45) is 0 Å². The molecule has 17 heavy (non-hydrogen) atoms. The quantitative estimate of drug-likeness (QED) is 0.578. The molecule has 1 rings (SSSR count). The van der Waals surface area contributed by atoms with Gasteiger partial charge in [0.15, 0.2) is 6.49 Å². The molecule has 0 spiro atoms. The summed E-state index contributed by atoms with van der Waals surface area (Å²) in [7, 11) is 2.00. The summed E-state index contributed by atoms with van der Waals surface area (Å²) in [5.74, 6) is 0. The van der Waals surface area contributed by atoms with E-state index in [-0.39, 0.29) is 23.9 Å². The van der Waals surface area contributed by atoms with Gasteiger partial charge in [0, 0.05) is 18.3 Å². The second-order valence-electron chi connectivity index (χ2n) is 4.68. The first-order valence-corrected chi connectivity index (χ1v) is 8.85. The summed E-state index contributed by atoms with van der Waals surface area (Å²) in [6.07, 6.45) is 0.511. The third-order valence-electron chi connectivity index (χ3n) is 2.81. The number of hydrogen-bond acceptors (Lipinski definition) is 4. The minimum atomic E-state index is -2.71. The van der Waals surface area contributed by atoms with Gasteiger partial charge in [0.1, 0.15) is 14.0 Å². The lowest BCUT2D eigenvalue weighted by Crippen LogP contribution is -2.29. The summed E-state index contributed by atoms with van der Waals surface area (Å²) in [6, 6.07) is 0.132. The van der Waals surface area contributed by atoms with E-state index < -0.39 is 6.49 Å². The van der Waals surface area contributed by atoms with Crippen molar-refractivity contribution in [1.82, 2.24) is 0 Å². The summed E-state index contributed by atoms with van der Waals surface area (Å²) < 4.78 is 16.8. The van der Waals surface area contributed by atoms with Crippen LogP contribution in [-0.2, 0) is 25.8 Å². The maximum atomic E-state index is 10.1. The smallest absolute Gasteiger partial charge is 0.189 e. The number of hydrogen-bond donors (Lipinski definition) is 1. The van der Waals surface area contributed by atoms with Crippen LogP contribution in [0.3, 0.4) is 0 Å². The van der Waals surface area contributed by atoms with Crippen LogP contribution in [0.4, 0.5) is 0 Å². The van der Waals surface area contributed by atoms with E-state index in [1.807, 2.05) is 28.6 Å².